The number of ether oxygens (including phenoxy) is 1. The van der Waals surface area contributed by atoms with Crippen LogP contribution in [0.4, 0.5) is 4.79 Å². The Morgan fingerprint density at radius 3 is 2.04 bits per heavy atom. The highest BCUT2D eigenvalue weighted by Crippen LogP contribution is 2.56. The van der Waals surface area contributed by atoms with Gasteiger partial charge in [-0.15, -0.1) is 0 Å². The van der Waals surface area contributed by atoms with Crippen molar-refractivity contribution in [2.75, 3.05) is 20.2 Å². The second-order valence-electron chi connectivity index (χ2n) is 15.6. The fourth-order valence-electron chi connectivity index (χ4n) is 9.22. The van der Waals surface area contributed by atoms with Crippen LogP contribution in [0.25, 0.3) is 33.6 Å². The first-order chi connectivity index (χ1) is 26.2. The highest BCUT2D eigenvalue weighted by Gasteiger charge is 2.53. The summed E-state index contributed by atoms with van der Waals surface area (Å²) in [7, 11) is 1.29. The van der Waals surface area contributed by atoms with E-state index >= 15 is 0 Å². The summed E-state index contributed by atoms with van der Waals surface area (Å²) in [5.74, 6) is 1.86. The molecule has 2 aliphatic carbocycles. The molecular formula is C41H48N8O5. The molecule has 0 spiro atoms. The van der Waals surface area contributed by atoms with Gasteiger partial charge in [-0.05, 0) is 78.5 Å². The number of aromatic nitrogens is 4. The predicted octanol–water partition coefficient (Wildman–Crippen LogP) is 5.96. The average Bonchev–Trinajstić information content (AvgIpc) is 4.04. The second kappa shape index (κ2) is 14.8. The van der Waals surface area contributed by atoms with Gasteiger partial charge in [0.25, 0.3) is 0 Å². The van der Waals surface area contributed by atoms with Gasteiger partial charge in [0, 0.05) is 25.4 Å². The number of aromatic amines is 2. The molecule has 2 aromatic heterocycles. The maximum atomic E-state index is 13.5. The monoisotopic (exact) mass is 732 g/mol. The quantitative estimate of drug-likeness (QED) is 0.156. The summed E-state index contributed by atoms with van der Waals surface area (Å²) in [6.07, 6.45) is 9.15. The van der Waals surface area contributed by atoms with E-state index in [2.05, 4.69) is 74.2 Å². The SMILES string of the molecule is COC(=O)N[C@H](C(=O)N1CCC[C@H]1c1ncc(-c2ccc(-c3ccc(-c4cnc([C@@H]5[C@H]6CC[C@H](C6)[C@H]5C(=O)NN5CCCC5=O)[nH]4)cc3)cc2)[nH]1)C(C)C. The van der Waals surface area contributed by atoms with Crippen molar-refractivity contribution in [3.05, 3.63) is 72.6 Å². The number of hydrogen-bond donors (Lipinski definition) is 4. The number of hydrogen-bond acceptors (Lipinski definition) is 7. The Labute approximate surface area is 314 Å². The van der Waals surface area contributed by atoms with Gasteiger partial charge in [-0.1, -0.05) is 62.4 Å². The molecule has 2 bridgehead atoms. The number of carbonyl (C=O) groups is 4. The lowest BCUT2D eigenvalue weighted by atomic mass is 9.78. The molecule has 13 nitrogen and oxygen atoms in total. The van der Waals surface area contributed by atoms with Crippen LogP contribution in [0.5, 0.6) is 0 Å². The highest BCUT2D eigenvalue weighted by atomic mass is 16.5. The first kappa shape index (κ1) is 35.6. The molecule has 6 atom stereocenters. The van der Waals surface area contributed by atoms with Crippen molar-refractivity contribution in [1.82, 2.24) is 40.6 Å². The maximum absolute atomic E-state index is 13.5. The number of amides is 4. The lowest BCUT2D eigenvalue weighted by Crippen LogP contribution is -2.51. The molecule has 54 heavy (non-hydrogen) atoms. The number of H-pyrrole nitrogens is 2. The van der Waals surface area contributed by atoms with E-state index in [1.165, 1.54) is 12.1 Å². The van der Waals surface area contributed by atoms with Crippen molar-refractivity contribution in [3.8, 4) is 33.6 Å². The minimum atomic E-state index is -0.681. The van der Waals surface area contributed by atoms with E-state index in [0.29, 0.717) is 31.3 Å². The molecule has 4 amide bonds. The molecule has 8 rings (SSSR count). The number of rotatable bonds is 10. The van der Waals surface area contributed by atoms with E-state index in [4.69, 9.17) is 9.72 Å². The zero-order valence-electron chi connectivity index (χ0n) is 31.0. The summed E-state index contributed by atoms with van der Waals surface area (Å²) in [4.78, 5) is 69.4. The molecular weight excluding hydrogens is 685 g/mol. The van der Waals surface area contributed by atoms with E-state index in [1.807, 2.05) is 31.1 Å². The molecule has 0 radical (unpaired) electrons. The van der Waals surface area contributed by atoms with E-state index in [0.717, 1.165) is 83.8 Å². The largest absolute Gasteiger partial charge is 0.453 e. The number of nitrogens with zero attached hydrogens (tertiary/aromatic N) is 4. The summed E-state index contributed by atoms with van der Waals surface area (Å²) >= 11 is 0. The normalized spacial score (nSPS) is 24.0. The topological polar surface area (TPSA) is 165 Å². The van der Waals surface area contributed by atoms with Crippen LogP contribution in [-0.4, -0.2) is 79.9 Å². The van der Waals surface area contributed by atoms with Gasteiger partial charge in [0.05, 0.1) is 42.9 Å². The average molecular weight is 733 g/mol. The smallest absolute Gasteiger partial charge is 0.407 e. The number of alkyl carbamates (subject to hydrolysis) is 1. The van der Waals surface area contributed by atoms with Crippen molar-refractivity contribution in [3.63, 3.8) is 0 Å². The molecule has 2 saturated carbocycles. The van der Waals surface area contributed by atoms with Gasteiger partial charge < -0.3 is 24.9 Å². The molecule has 4 aromatic rings. The predicted molar refractivity (Wildman–Crippen MR) is 201 cm³/mol. The van der Waals surface area contributed by atoms with Crippen molar-refractivity contribution in [1.29, 1.82) is 0 Å². The summed E-state index contributed by atoms with van der Waals surface area (Å²) in [5, 5.41) is 4.19. The second-order valence-corrected chi connectivity index (χ2v) is 15.6. The molecule has 4 fully saturated rings. The van der Waals surface area contributed by atoms with Gasteiger partial charge in [-0.3, -0.25) is 24.8 Å². The van der Waals surface area contributed by atoms with Crippen molar-refractivity contribution >= 4 is 23.8 Å². The van der Waals surface area contributed by atoms with Crippen LogP contribution in [-0.2, 0) is 19.1 Å². The number of nitrogens with one attached hydrogen (secondary N) is 4. The standard InChI is InChI=1S/C41H48N8O5/c1-23(2)36(46-41(53)54-3)40(52)48-18-4-6-32(48)37-42-21-30(44-37)26-12-8-24(9-13-26)25-10-14-27(15-11-25)31-22-43-38(45-31)34-28-16-17-29(20-28)35(34)39(51)47-49-19-5-7-33(49)50/h8-15,21-23,28-29,32,34-36H,4-7,16-20H2,1-3H3,(H,42,44)(H,43,45)(H,46,53)(H,47,51)/t28-,29+,32-,34+,35+,36-/m0/s1. The Bertz CT molecular complexity index is 2020. The molecule has 4 heterocycles. The zero-order valence-corrected chi connectivity index (χ0v) is 31.0. The third-order valence-corrected chi connectivity index (χ3v) is 12.0. The van der Waals surface area contributed by atoms with E-state index in [1.54, 1.807) is 0 Å². The van der Waals surface area contributed by atoms with Crippen LogP contribution >= 0.6 is 0 Å². The molecule has 13 heteroatoms. The summed E-state index contributed by atoms with van der Waals surface area (Å²) in [6, 6.07) is 15.8. The first-order valence-corrected chi connectivity index (χ1v) is 19.3. The van der Waals surface area contributed by atoms with Crippen molar-refractivity contribution in [2.45, 2.75) is 76.8 Å². The molecule has 2 aliphatic heterocycles. The number of carbonyl (C=O) groups excluding carboxylic acids is 4. The number of methoxy groups -OCH3 is 1. The Kier molecular flexibility index (Phi) is 9.72. The van der Waals surface area contributed by atoms with E-state index < -0.39 is 12.1 Å². The zero-order chi connectivity index (χ0) is 37.5. The Morgan fingerprint density at radius 1 is 0.815 bits per heavy atom. The van der Waals surface area contributed by atoms with Gasteiger partial charge >= 0.3 is 6.09 Å². The number of imidazole rings is 2. The lowest BCUT2D eigenvalue weighted by Gasteiger charge is -2.30. The minimum Gasteiger partial charge on any atom is -0.453 e. The molecule has 282 valence electrons. The van der Waals surface area contributed by atoms with Crippen LogP contribution in [0.15, 0.2) is 60.9 Å². The number of fused-ring (bicyclic) bond motifs is 2. The Balaban J connectivity index is 0.925. The first-order valence-electron chi connectivity index (χ1n) is 19.3. The fourth-order valence-corrected chi connectivity index (χ4v) is 9.22. The van der Waals surface area contributed by atoms with E-state index in [9.17, 15) is 19.2 Å². The Morgan fingerprint density at radius 2 is 1.43 bits per heavy atom. The summed E-state index contributed by atoms with van der Waals surface area (Å²) in [5.41, 5.74) is 8.88. The summed E-state index contributed by atoms with van der Waals surface area (Å²) < 4.78 is 4.76. The molecule has 0 unspecified atom stereocenters. The van der Waals surface area contributed by atoms with Gasteiger partial charge in [0.15, 0.2) is 0 Å². The third-order valence-electron chi connectivity index (χ3n) is 12.0. The van der Waals surface area contributed by atoms with Crippen molar-refractivity contribution < 1.29 is 23.9 Å². The molecule has 2 saturated heterocycles. The Hall–Kier alpha value is -5.46. The highest BCUT2D eigenvalue weighted by molar-refractivity contribution is 5.87. The van der Waals surface area contributed by atoms with Gasteiger partial charge in [-0.25, -0.2) is 14.8 Å². The number of hydrazine groups is 1. The third kappa shape index (κ3) is 6.75. The van der Waals surface area contributed by atoms with Gasteiger partial charge in [0.1, 0.15) is 17.7 Å². The van der Waals surface area contributed by atoms with Crippen molar-refractivity contribution in [2.24, 2.45) is 23.7 Å². The van der Waals surface area contributed by atoms with Crippen LogP contribution in [0.2, 0.25) is 0 Å². The number of likely N-dealkylation sites (tertiary alicyclic amines) is 1. The molecule has 4 aliphatic rings. The van der Waals surface area contributed by atoms with Crippen LogP contribution < -0.4 is 10.7 Å². The van der Waals surface area contributed by atoms with Crippen LogP contribution in [0, 0.1) is 23.7 Å². The van der Waals surface area contributed by atoms with Gasteiger partial charge in [0.2, 0.25) is 17.7 Å². The van der Waals surface area contributed by atoms with Crippen LogP contribution in [0.1, 0.15) is 82.4 Å². The maximum Gasteiger partial charge on any atom is 0.407 e. The molecule has 4 N–H and O–H groups in total. The van der Waals surface area contributed by atoms with Crippen LogP contribution in [0.3, 0.4) is 0 Å². The fraction of sp³-hybridized carbons (Fsp3) is 0.463. The van der Waals surface area contributed by atoms with E-state index in [-0.39, 0.29) is 41.5 Å². The lowest BCUT2D eigenvalue weighted by molar-refractivity contribution is -0.141. The minimum absolute atomic E-state index is 0.00908. The number of benzene rings is 2. The summed E-state index contributed by atoms with van der Waals surface area (Å²) in [6.45, 7) is 4.99. The van der Waals surface area contributed by atoms with Gasteiger partial charge in [-0.2, -0.15) is 0 Å². The molecule has 2 aromatic carbocycles.